The van der Waals surface area contributed by atoms with Gasteiger partial charge in [-0.3, -0.25) is 0 Å². The number of alkyl carbamates (subject to hydrolysis) is 1. The first kappa shape index (κ1) is 11.3. The molecule has 1 N–H and O–H groups in total. The molecule has 0 atom stereocenters. The number of carbonyl (C=O) groups excluding carboxylic acids is 1. The third-order valence-corrected chi connectivity index (χ3v) is 2.60. The molecule has 1 aromatic carbocycles. The van der Waals surface area contributed by atoms with Crippen LogP contribution in [0.1, 0.15) is 11.1 Å². The Hall–Kier alpha value is -0.780. The minimum Gasteiger partial charge on any atom is -0.445 e. The first-order valence-electron chi connectivity index (χ1n) is 4.24. The Kier molecular flexibility index (Phi) is 4.72. The van der Waals surface area contributed by atoms with Crippen LogP contribution in [0.3, 0.4) is 0 Å². The van der Waals surface area contributed by atoms with Crippen molar-refractivity contribution in [1.82, 2.24) is 5.32 Å². The normalized spacial score (nSPS) is 9.57. The van der Waals surface area contributed by atoms with E-state index in [0.29, 0.717) is 6.61 Å². The number of carbonyl (C=O) groups is 1. The molecule has 0 heterocycles. The van der Waals surface area contributed by atoms with E-state index in [1.807, 2.05) is 18.2 Å². The molecule has 0 saturated heterocycles. The molecule has 1 amide bonds. The van der Waals surface area contributed by atoms with Gasteiger partial charge >= 0.3 is 6.09 Å². The lowest BCUT2D eigenvalue weighted by Crippen LogP contribution is -2.18. The second-order valence-corrected chi connectivity index (χ2v) is 3.54. The van der Waals surface area contributed by atoms with Crippen LogP contribution in [0.5, 0.6) is 0 Å². The van der Waals surface area contributed by atoms with Gasteiger partial charge in [0.1, 0.15) is 6.61 Å². The summed E-state index contributed by atoms with van der Waals surface area (Å²) < 4.78 is 5.89. The monoisotopic (exact) mass is 305 g/mol. The van der Waals surface area contributed by atoms with E-state index in [1.54, 1.807) is 7.05 Å². The maximum Gasteiger partial charge on any atom is 0.407 e. The van der Waals surface area contributed by atoms with Crippen molar-refractivity contribution in [1.29, 1.82) is 0 Å². The number of rotatable bonds is 3. The van der Waals surface area contributed by atoms with Gasteiger partial charge in [-0.25, -0.2) is 4.79 Å². The van der Waals surface area contributed by atoms with Crippen molar-refractivity contribution in [2.45, 2.75) is 11.0 Å². The molecule has 76 valence electrons. The van der Waals surface area contributed by atoms with Crippen molar-refractivity contribution in [2.75, 3.05) is 7.05 Å². The molecule has 14 heavy (non-hydrogen) atoms. The number of alkyl halides is 1. The summed E-state index contributed by atoms with van der Waals surface area (Å²) in [5, 5.41) is 2.40. The summed E-state index contributed by atoms with van der Waals surface area (Å²) in [7, 11) is 1.55. The van der Waals surface area contributed by atoms with E-state index in [9.17, 15) is 4.79 Å². The summed E-state index contributed by atoms with van der Waals surface area (Å²) in [6.45, 7) is 0.324. The van der Waals surface area contributed by atoms with Crippen molar-refractivity contribution in [2.24, 2.45) is 0 Å². The Labute approximate surface area is 97.0 Å². The Balaban J connectivity index is 2.54. The summed E-state index contributed by atoms with van der Waals surface area (Å²) >= 11 is 2.30. The van der Waals surface area contributed by atoms with E-state index in [1.165, 1.54) is 5.56 Å². The number of benzene rings is 1. The molecule has 0 aliphatic rings. The zero-order chi connectivity index (χ0) is 10.4. The van der Waals surface area contributed by atoms with E-state index < -0.39 is 6.09 Å². The second-order valence-electron chi connectivity index (χ2n) is 2.78. The maximum atomic E-state index is 10.8. The number of nitrogens with one attached hydrogen (secondary N) is 1. The van der Waals surface area contributed by atoms with Gasteiger partial charge in [0.15, 0.2) is 0 Å². The molecule has 0 aliphatic carbocycles. The largest absolute Gasteiger partial charge is 0.445 e. The van der Waals surface area contributed by atoms with Gasteiger partial charge in [-0.05, 0) is 11.1 Å². The molecule has 0 saturated carbocycles. The van der Waals surface area contributed by atoms with Crippen LogP contribution in [0.25, 0.3) is 0 Å². The standard InChI is InChI=1S/C10H12INO2/c1-12-10(13)14-7-9-4-2-3-8(5-9)6-11/h2-5H,6-7H2,1H3,(H,12,13). The zero-order valence-corrected chi connectivity index (χ0v) is 10.1. The molecule has 1 rings (SSSR count). The highest BCUT2D eigenvalue weighted by Crippen LogP contribution is 2.09. The lowest BCUT2D eigenvalue weighted by Gasteiger charge is -2.04. The number of amides is 1. The van der Waals surface area contributed by atoms with Gasteiger partial charge < -0.3 is 10.1 Å². The van der Waals surface area contributed by atoms with Crippen LogP contribution >= 0.6 is 22.6 Å². The predicted molar refractivity (Wildman–Crippen MR) is 63.4 cm³/mol. The topological polar surface area (TPSA) is 38.3 Å². The smallest absolute Gasteiger partial charge is 0.407 e. The summed E-state index contributed by atoms with van der Waals surface area (Å²) in [6.07, 6.45) is -0.398. The molecular formula is C10H12INO2. The fourth-order valence-electron chi connectivity index (χ4n) is 1.02. The number of hydrogen-bond acceptors (Lipinski definition) is 2. The molecule has 0 fully saturated rings. The van der Waals surface area contributed by atoms with Crippen LogP contribution < -0.4 is 5.32 Å². The highest BCUT2D eigenvalue weighted by Gasteiger charge is 1.99. The van der Waals surface area contributed by atoms with Crippen LogP contribution in [0.15, 0.2) is 24.3 Å². The summed E-state index contributed by atoms with van der Waals surface area (Å²) in [4.78, 5) is 10.8. The fraction of sp³-hybridized carbons (Fsp3) is 0.300. The second kappa shape index (κ2) is 5.85. The van der Waals surface area contributed by atoms with Gasteiger partial charge in [0, 0.05) is 11.5 Å². The lowest BCUT2D eigenvalue weighted by atomic mass is 10.1. The Morgan fingerprint density at radius 1 is 1.50 bits per heavy atom. The van der Waals surface area contributed by atoms with E-state index in [4.69, 9.17) is 4.74 Å². The van der Waals surface area contributed by atoms with Crippen LogP contribution in [0, 0.1) is 0 Å². The van der Waals surface area contributed by atoms with Gasteiger partial charge in [0.25, 0.3) is 0 Å². The third kappa shape index (κ3) is 3.53. The molecule has 0 bridgehead atoms. The SMILES string of the molecule is CNC(=O)OCc1cccc(CI)c1. The zero-order valence-electron chi connectivity index (χ0n) is 7.92. The summed E-state index contributed by atoms with van der Waals surface area (Å²) in [5.74, 6) is 0. The highest BCUT2D eigenvalue weighted by atomic mass is 127. The van der Waals surface area contributed by atoms with E-state index in [2.05, 4.69) is 34.0 Å². The maximum absolute atomic E-state index is 10.8. The Morgan fingerprint density at radius 2 is 2.21 bits per heavy atom. The number of hydrogen-bond donors (Lipinski definition) is 1. The van der Waals surface area contributed by atoms with Crippen molar-refractivity contribution >= 4 is 28.7 Å². The molecule has 0 aliphatic heterocycles. The van der Waals surface area contributed by atoms with Crippen LogP contribution in [0.2, 0.25) is 0 Å². The quantitative estimate of drug-likeness (QED) is 0.688. The van der Waals surface area contributed by atoms with Crippen molar-refractivity contribution in [3.05, 3.63) is 35.4 Å². The average molecular weight is 305 g/mol. The lowest BCUT2D eigenvalue weighted by molar-refractivity contribution is 0.142. The van der Waals surface area contributed by atoms with E-state index in [-0.39, 0.29) is 0 Å². The minimum atomic E-state index is -0.398. The van der Waals surface area contributed by atoms with Crippen LogP contribution in [-0.2, 0) is 15.8 Å². The van der Waals surface area contributed by atoms with Gasteiger partial charge in [-0.2, -0.15) is 0 Å². The van der Waals surface area contributed by atoms with Crippen LogP contribution in [-0.4, -0.2) is 13.1 Å². The Bertz CT molecular complexity index is 315. The van der Waals surface area contributed by atoms with Gasteiger partial charge in [-0.1, -0.05) is 46.9 Å². The van der Waals surface area contributed by atoms with E-state index in [0.717, 1.165) is 9.99 Å². The van der Waals surface area contributed by atoms with Crippen molar-refractivity contribution < 1.29 is 9.53 Å². The number of ether oxygens (including phenoxy) is 1. The first-order valence-corrected chi connectivity index (χ1v) is 5.77. The molecule has 3 nitrogen and oxygen atoms in total. The van der Waals surface area contributed by atoms with Gasteiger partial charge in [-0.15, -0.1) is 0 Å². The van der Waals surface area contributed by atoms with Gasteiger partial charge in [0.05, 0.1) is 0 Å². The van der Waals surface area contributed by atoms with E-state index >= 15 is 0 Å². The fourth-order valence-corrected chi connectivity index (χ4v) is 1.50. The predicted octanol–water partition coefficient (Wildman–Crippen LogP) is 2.48. The van der Waals surface area contributed by atoms with Crippen LogP contribution in [0.4, 0.5) is 4.79 Å². The molecular weight excluding hydrogens is 293 g/mol. The summed E-state index contributed by atoms with van der Waals surface area (Å²) in [6, 6.07) is 8.00. The summed E-state index contributed by atoms with van der Waals surface area (Å²) in [5.41, 5.74) is 2.26. The van der Waals surface area contributed by atoms with Crippen molar-refractivity contribution in [3.8, 4) is 0 Å². The average Bonchev–Trinajstić information content (AvgIpc) is 2.26. The molecule has 0 unspecified atom stereocenters. The third-order valence-electron chi connectivity index (χ3n) is 1.72. The molecule has 1 aromatic rings. The van der Waals surface area contributed by atoms with Gasteiger partial charge in [0.2, 0.25) is 0 Å². The molecule has 0 spiro atoms. The Morgan fingerprint density at radius 3 is 2.86 bits per heavy atom. The molecule has 0 radical (unpaired) electrons. The molecule has 4 heteroatoms. The van der Waals surface area contributed by atoms with Crippen molar-refractivity contribution in [3.63, 3.8) is 0 Å². The minimum absolute atomic E-state index is 0.324. The first-order chi connectivity index (χ1) is 6.76. The number of halogens is 1. The molecule has 0 aromatic heterocycles. The highest BCUT2D eigenvalue weighted by molar-refractivity contribution is 14.1.